The normalized spacial score (nSPS) is 12.9. The number of esters is 2. The topological polar surface area (TPSA) is 52.6 Å². The molecular weight excluding hydrogens is 372 g/mol. The zero-order valence-electron chi connectivity index (χ0n) is 15.6. The van der Waals surface area contributed by atoms with E-state index in [2.05, 4.69) is 0 Å². The van der Waals surface area contributed by atoms with E-state index in [1.807, 2.05) is 30.3 Å². The van der Waals surface area contributed by atoms with Gasteiger partial charge < -0.3 is 9.47 Å². The fourth-order valence-electron chi connectivity index (χ4n) is 3.51. The highest BCUT2D eigenvalue weighted by Gasteiger charge is 2.27. The van der Waals surface area contributed by atoms with Crippen molar-refractivity contribution >= 4 is 23.3 Å². The second-order valence-electron chi connectivity index (χ2n) is 6.69. The van der Waals surface area contributed by atoms with Crippen LogP contribution in [0.1, 0.15) is 44.0 Å². The minimum atomic E-state index is -0.420. The van der Waals surface area contributed by atoms with Crippen LogP contribution >= 0.6 is 11.3 Å². The zero-order valence-corrected chi connectivity index (χ0v) is 16.4. The number of hydrogen-bond donors (Lipinski definition) is 0. The summed E-state index contributed by atoms with van der Waals surface area (Å²) in [5, 5.41) is 0. The molecule has 0 N–H and O–H groups in total. The fourth-order valence-corrected chi connectivity index (χ4v) is 4.89. The van der Waals surface area contributed by atoms with Crippen LogP contribution in [0.2, 0.25) is 0 Å². The highest BCUT2D eigenvalue weighted by Crippen LogP contribution is 2.40. The highest BCUT2D eigenvalue weighted by atomic mass is 32.1. The Balaban J connectivity index is 1.67. The van der Waals surface area contributed by atoms with Crippen LogP contribution in [0.15, 0.2) is 54.6 Å². The van der Waals surface area contributed by atoms with Crippen LogP contribution in [0.3, 0.4) is 0 Å². The number of aryl methyl sites for hydroxylation is 1. The number of fused-ring (bicyclic) bond motifs is 1. The average Bonchev–Trinajstić information content (AvgIpc) is 3.14. The molecule has 4 nitrogen and oxygen atoms in total. The van der Waals surface area contributed by atoms with E-state index >= 15 is 0 Å². The van der Waals surface area contributed by atoms with Gasteiger partial charge in [0.2, 0.25) is 0 Å². The molecule has 0 amide bonds. The second kappa shape index (κ2) is 7.98. The highest BCUT2D eigenvalue weighted by molar-refractivity contribution is 7.16. The lowest BCUT2D eigenvalue weighted by molar-refractivity contribution is 0.0600. The lowest BCUT2D eigenvalue weighted by Crippen LogP contribution is -2.13. The SMILES string of the molecule is COC(=O)c1ccc(OC(=O)c2c(-c3ccccc3)sc3c2CCCC3)cc1. The van der Waals surface area contributed by atoms with Gasteiger partial charge in [0.1, 0.15) is 5.75 Å². The number of methoxy groups -OCH3 is 1. The molecule has 4 rings (SSSR count). The summed E-state index contributed by atoms with van der Waals surface area (Å²) >= 11 is 1.70. The van der Waals surface area contributed by atoms with E-state index < -0.39 is 5.97 Å². The first-order valence-corrected chi connectivity index (χ1v) is 10.1. The van der Waals surface area contributed by atoms with Gasteiger partial charge in [-0.05, 0) is 61.1 Å². The van der Waals surface area contributed by atoms with Gasteiger partial charge in [-0.25, -0.2) is 9.59 Å². The summed E-state index contributed by atoms with van der Waals surface area (Å²) in [6, 6.07) is 16.4. The predicted molar refractivity (Wildman–Crippen MR) is 109 cm³/mol. The molecule has 0 saturated carbocycles. The zero-order chi connectivity index (χ0) is 19.5. The number of hydrogen-bond acceptors (Lipinski definition) is 5. The van der Waals surface area contributed by atoms with Crippen molar-refractivity contribution in [1.82, 2.24) is 0 Å². The Hall–Kier alpha value is -2.92. The van der Waals surface area contributed by atoms with Gasteiger partial charge in [0, 0.05) is 9.75 Å². The molecule has 0 spiro atoms. The minimum absolute atomic E-state index is 0.343. The van der Waals surface area contributed by atoms with Crippen LogP contribution in [0, 0.1) is 0 Å². The summed E-state index contributed by atoms with van der Waals surface area (Å²) in [6.45, 7) is 0. The van der Waals surface area contributed by atoms with E-state index in [0.29, 0.717) is 16.9 Å². The molecule has 28 heavy (non-hydrogen) atoms. The lowest BCUT2D eigenvalue weighted by atomic mass is 9.94. The van der Waals surface area contributed by atoms with E-state index in [4.69, 9.17) is 9.47 Å². The summed E-state index contributed by atoms with van der Waals surface area (Å²) < 4.78 is 10.4. The fraction of sp³-hybridized carbons (Fsp3) is 0.217. The molecule has 0 radical (unpaired) electrons. The van der Waals surface area contributed by atoms with Crippen molar-refractivity contribution in [3.8, 4) is 16.2 Å². The molecule has 0 unspecified atom stereocenters. The Bertz CT molecular complexity index is 1000. The third-order valence-corrected chi connectivity index (χ3v) is 6.24. The third-order valence-electron chi connectivity index (χ3n) is 4.90. The van der Waals surface area contributed by atoms with Crippen molar-refractivity contribution in [3.05, 3.63) is 76.2 Å². The Morgan fingerprint density at radius 1 is 0.893 bits per heavy atom. The maximum absolute atomic E-state index is 13.1. The lowest BCUT2D eigenvalue weighted by Gasteiger charge is -2.13. The molecule has 0 fully saturated rings. The summed E-state index contributed by atoms with van der Waals surface area (Å²) in [4.78, 5) is 26.9. The summed E-state index contributed by atoms with van der Waals surface area (Å²) in [5.74, 6) is -0.354. The van der Waals surface area contributed by atoms with Crippen molar-refractivity contribution in [3.63, 3.8) is 0 Å². The monoisotopic (exact) mass is 392 g/mol. The van der Waals surface area contributed by atoms with E-state index in [1.165, 1.54) is 12.0 Å². The van der Waals surface area contributed by atoms with E-state index in [9.17, 15) is 9.59 Å². The van der Waals surface area contributed by atoms with Crippen LogP contribution in [-0.2, 0) is 17.6 Å². The van der Waals surface area contributed by atoms with E-state index in [-0.39, 0.29) is 5.97 Å². The van der Waals surface area contributed by atoms with Gasteiger partial charge in [-0.1, -0.05) is 30.3 Å². The number of carbonyl (C=O) groups is 2. The predicted octanol–water partition coefficient (Wildman–Crippen LogP) is 5.30. The van der Waals surface area contributed by atoms with Crippen LogP contribution in [0.5, 0.6) is 5.75 Å². The summed E-state index contributed by atoms with van der Waals surface area (Å²) in [7, 11) is 1.33. The molecule has 0 atom stereocenters. The van der Waals surface area contributed by atoms with Gasteiger partial charge in [-0.2, -0.15) is 0 Å². The molecule has 1 aliphatic carbocycles. The van der Waals surface area contributed by atoms with Crippen molar-refractivity contribution in [1.29, 1.82) is 0 Å². The maximum atomic E-state index is 13.1. The molecule has 1 aromatic heterocycles. The molecule has 2 aromatic carbocycles. The first-order chi connectivity index (χ1) is 13.7. The third kappa shape index (κ3) is 3.58. The Morgan fingerprint density at radius 2 is 1.61 bits per heavy atom. The molecule has 0 saturated heterocycles. The van der Waals surface area contributed by atoms with Crippen molar-refractivity contribution in [2.75, 3.05) is 7.11 Å². The standard InChI is InChI=1S/C23H20O4S/c1-26-22(24)16-11-13-17(14-12-16)27-23(25)20-18-9-5-6-10-19(18)28-21(20)15-7-3-2-4-8-15/h2-4,7-8,11-14H,5-6,9-10H2,1H3. The number of rotatable bonds is 4. The van der Waals surface area contributed by atoms with E-state index in [0.717, 1.165) is 41.7 Å². The number of carbonyl (C=O) groups excluding carboxylic acids is 2. The number of benzene rings is 2. The first-order valence-electron chi connectivity index (χ1n) is 9.28. The number of thiophene rings is 1. The first kappa shape index (κ1) is 18.4. The van der Waals surface area contributed by atoms with Gasteiger partial charge in [0.25, 0.3) is 0 Å². The molecule has 5 heteroatoms. The van der Waals surface area contributed by atoms with Crippen LogP contribution in [0.4, 0.5) is 0 Å². The second-order valence-corrected chi connectivity index (χ2v) is 7.79. The van der Waals surface area contributed by atoms with Gasteiger partial charge in [0.05, 0.1) is 18.2 Å². The number of ether oxygens (including phenoxy) is 2. The Morgan fingerprint density at radius 3 is 2.32 bits per heavy atom. The largest absolute Gasteiger partial charge is 0.465 e. The van der Waals surface area contributed by atoms with Crippen molar-refractivity contribution in [2.45, 2.75) is 25.7 Å². The van der Waals surface area contributed by atoms with Crippen LogP contribution in [0.25, 0.3) is 10.4 Å². The van der Waals surface area contributed by atoms with Gasteiger partial charge in [-0.3, -0.25) is 0 Å². The molecule has 0 aliphatic heterocycles. The smallest absolute Gasteiger partial charge is 0.345 e. The Kier molecular flexibility index (Phi) is 5.26. The van der Waals surface area contributed by atoms with Crippen molar-refractivity contribution in [2.24, 2.45) is 0 Å². The Labute approximate surface area is 167 Å². The van der Waals surface area contributed by atoms with Gasteiger partial charge in [0.15, 0.2) is 0 Å². The molecule has 1 aliphatic rings. The molecule has 3 aromatic rings. The quantitative estimate of drug-likeness (QED) is 0.447. The van der Waals surface area contributed by atoms with Gasteiger partial charge >= 0.3 is 11.9 Å². The van der Waals surface area contributed by atoms with Gasteiger partial charge in [-0.15, -0.1) is 11.3 Å². The van der Waals surface area contributed by atoms with E-state index in [1.54, 1.807) is 35.6 Å². The molecule has 142 valence electrons. The maximum Gasteiger partial charge on any atom is 0.345 e. The average molecular weight is 392 g/mol. The molecular formula is C23H20O4S. The summed E-state index contributed by atoms with van der Waals surface area (Å²) in [6.07, 6.45) is 4.17. The van der Waals surface area contributed by atoms with Crippen LogP contribution < -0.4 is 4.74 Å². The molecule has 0 bridgehead atoms. The summed E-state index contributed by atoms with van der Waals surface area (Å²) in [5.41, 5.74) is 3.27. The van der Waals surface area contributed by atoms with Crippen LogP contribution in [-0.4, -0.2) is 19.0 Å². The molecule has 1 heterocycles. The minimum Gasteiger partial charge on any atom is -0.465 e. The van der Waals surface area contributed by atoms with Crippen molar-refractivity contribution < 1.29 is 19.1 Å².